The van der Waals surface area contributed by atoms with Crippen molar-refractivity contribution in [3.8, 4) is 11.5 Å². The van der Waals surface area contributed by atoms with Crippen LogP contribution in [0.25, 0.3) is 0 Å². The molecule has 0 unspecified atom stereocenters. The fourth-order valence-corrected chi connectivity index (χ4v) is 1.63. The van der Waals surface area contributed by atoms with Gasteiger partial charge in [-0.25, -0.2) is 4.79 Å². The summed E-state index contributed by atoms with van der Waals surface area (Å²) in [6, 6.07) is 5.70. The molecule has 4 heteroatoms. The summed E-state index contributed by atoms with van der Waals surface area (Å²) < 4.78 is 15.5. The van der Waals surface area contributed by atoms with E-state index >= 15 is 0 Å². The molecule has 0 saturated carbocycles. The van der Waals surface area contributed by atoms with Gasteiger partial charge >= 0.3 is 5.97 Å². The van der Waals surface area contributed by atoms with Crippen molar-refractivity contribution < 1.29 is 19.0 Å². The lowest BCUT2D eigenvalue weighted by molar-refractivity contribution is -0.136. The Bertz CT molecular complexity index is 463. The summed E-state index contributed by atoms with van der Waals surface area (Å²) in [5, 5.41) is 0. The highest BCUT2D eigenvalue weighted by Gasteiger charge is 2.07. The molecule has 0 heterocycles. The van der Waals surface area contributed by atoms with Gasteiger partial charge in [-0.15, -0.1) is 0 Å². The van der Waals surface area contributed by atoms with Crippen molar-refractivity contribution in [3.05, 3.63) is 35.4 Å². The quantitative estimate of drug-likeness (QED) is 0.585. The average molecular weight is 264 g/mol. The number of rotatable bonds is 6. The van der Waals surface area contributed by atoms with E-state index in [1.54, 1.807) is 13.2 Å². The third-order valence-corrected chi connectivity index (χ3v) is 2.72. The van der Waals surface area contributed by atoms with E-state index in [1.807, 2.05) is 32.0 Å². The summed E-state index contributed by atoms with van der Waals surface area (Å²) in [6.07, 6.45) is 2.34. The Labute approximate surface area is 114 Å². The first-order chi connectivity index (χ1) is 9.12. The van der Waals surface area contributed by atoms with E-state index in [4.69, 9.17) is 9.47 Å². The lowest BCUT2D eigenvalue weighted by Crippen LogP contribution is -2.06. The second-order valence-electron chi connectivity index (χ2n) is 4.04. The van der Waals surface area contributed by atoms with Crippen LogP contribution in [-0.2, 0) is 9.53 Å². The van der Waals surface area contributed by atoms with E-state index < -0.39 is 0 Å². The third-order valence-electron chi connectivity index (χ3n) is 2.72. The van der Waals surface area contributed by atoms with E-state index in [9.17, 15) is 4.79 Å². The molecule has 104 valence electrons. The maximum atomic E-state index is 11.4. The number of esters is 1. The highest BCUT2D eigenvalue weighted by Crippen LogP contribution is 2.27. The molecule has 0 N–H and O–H groups in total. The van der Waals surface area contributed by atoms with Crippen LogP contribution in [0.2, 0.25) is 0 Å². The van der Waals surface area contributed by atoms with Crippen molar-refractivity contribution in [2.45, 2.75) is 20.3 Å². The molecule has 0 fully saturated rings. The largest absolute Gasteiger partial charge is 0.493 e. The van der Waals surface area contributed by atoms with Gasteiger partial charge in [0, 0.05) is 5.57 Å². The molecule has 0 aliphatic carbocycles. The molecular formula is C15H20O4. The molecule has 0 aromatic heterocycles. The molecule has 0 atom stereocenters. The number of carbonyl (C=O) groups is 1. The topological polar surface area (TPSA) is 44.8 Å². The first-order valence-electron chi connectivity index (χ1n) is 6.17. The first-order valence-corrected chi connectivity index (χ1v) is 6.17. The van der Waals surface area contributed by atoms with Gasteiger partial charge < -0.3 is 14.2 Å². The molecule has 0 saturated heterocycles. The minimum absolute atomic E-state index is 0.303. The van der Waals surface area contributed by atoms with Crippen LogP contribution in [0.4, 0.5) is 0 Å². The summed E-state index contributed by atoms with van der Waals surface area (Å²) in [5.74, 6) is 1.02. The van der Waals surface area contributed by atoms with Gasteiger partial charge in [0.05, 0.1) is 14.2 Å². The predicted octanol–water partition coefficient (Wildman–Crippen LogP) is 2.89. The Morgan fingerprint density at radius 1 is 1.26 bits per heavy atom. The summed E-state index contributed by atoms with van der Waals surface area (Å²) in [7, 11) is 2.97. The minimum Gasteiger partial charge on any atom is -0.493 e. The molecule has 4 nitrogen and oxygen atoms in total. The monoisotopic (exact) mass is 264 g/mol. The predicted molar refractivity (Wildman–Crippen MR) is 73.6 cm³/mol. The van der Waals surface area contributed by atoms with Crippen LogP contribution in [0.3, 0.4) is 0 Å². The zero-order valence-corrected chi connectivity index (χ0v) is 11.9. The van der Waals surface area contributed by atoms with Gasteiger partial charge in [0.2, 0.25) is 0 Å². The number of hydrogen-bond acceptors (Lipinski definition) is 4. The van der Waals surface area contributed by atoms with Crippen LogP contribution in [-0.4, -0.2) is 26.8 Å². The number of methoxy groups -OCH3 is 2. The van der Waals surface area contributed by atoms with E-state index in [-0.39, 0.29) is 5.97 Å². The average Bonchev–Trinajstić information content (AvgIpc) is 2.44. The van der Waals surface area contributed by atoms with Gasteiger partial charge in [0.15, 0.2) is 11.5 Å². The van der Waals surface area contributed by atoms with Gasteiger partial charge in [-0.3, -0.25) is 0 Å². The molecule has 0 radical (unpaired) electrons. The van der Waals surface area contributed by atoms with E-state index in [2.05, 4.69) is 4.74 Å². The number of hydrogen-bond donors (Lipinski definition) is 0. The molecule has 19 heavy (non-hydrogen) atoms. The number of ether oxygens (including phenoxy) is 3. The van der Waals surface area contributed by atoms with Gasteiger partial charge in [-0.05, 0) is 37.1 Å². The molecular weight excluding hydrogens is 244 g/mol. The van der Waals surface area contributed by atoms with Gasteiger partial charge in [-0.1, -0.05) is 13.0 Å². The molecule has 0 amide bonds. The fraction of sp³-hybridized carbons (Fsp3) is 0.400. The van der Waals surface area contributed by atoms with Gasteiger partial charge in [0.25, 0.3) is 0 Å². The molecule has 0 bridgehead atoms. The standard InChI is InChI=1S/C15H20O4/c1-5-12(15(16)18-4)8-9-19-13-7-6-11(2)10-14(13)17-3/h6-8,10H,5,9H2,1-4H3. The molecule has 1 rings (SSSR count). The van der Waals surface area contributed by atoms with Crippen molar-refractivity contribution in [2.24, 2.45) is 0 Å². The maximum Gasteiger partial charge on any atom is 0.333 e. The van der Waals surface area contributed by atoms with E-state index in [0.29, 0.717) is 30.1 Å². The third kappa shape index (κ3) is 4.32. The summed E-state index contributed by atoms with van der Waals surface area (Å²) >= 11 is 0. The minimum atomic E-state index is -0.318. The lowest BCUT2D eigenvalue weighted by Gasteiger charge is -2.10. The molecule has 1 aromatic rings. The molecule has 0 aliphatic rings. The smallest absolute Gasteiger partial charge is 0.333 e. The van der Waals surface area contributed by atoms with Crippen molar-refractivity contribution in [1.82, 2.24) is 0 Å². The van der Waals surface area contributed by atoms with Crippen LogP contribution in [0.15, 0.2) is 29.8 Å². The molecule has 0 aliphatic heterocycles. The van der Waals surface area contributed by atoms with Crippen molar-refractivity contribution in [2.75, 3.05) is 20.8 Å². The number of benzene rings is 1. The number of aryl methyl sites for hydroxylation is 1. The summed E-state index contributed by atoms with van der Waals surface area (Å²) in [4.78, 5) is 11.4. The van der Waals surface area contributed by atoms with Crippen LogP contribution < -0.4 is 9.47 Å². The zero-order valence-electron chi connectivity index (χ0n) is 11.9. The van der Waals surface area contributed by atoms with Crippen LogP contribution >= 0.6 is 0 Å². The van der Waals surface area contributed by atoms with E-state index in [1.165, 1.54) is 7.11 Å². The second-order valence-corrected chi connectivity index (χ2v) is 4.04. The highest BCUT2D eigenvalue weighted by atomic mass is 16.5. The Kier molecular flexibility index (Phi) is 5.93. The van der Waals surface area contributed by atoms with Crippen LogP contribution in [0, 0.1) is 6.92 Å². The Hall–Kier alpha value is -1.97. The summed E-state index contributed by atoms with van der Waals surface area (Å²) in [6.45, 7) is 4.19. The first kappa shape index (κ1) is 15.1. The highest BCUT2D eigenvalue weighted by molar-refractivity contribution is 5.88. The SMILES string of the molecule is CCC(=CCOc1ccc(C)cc1OC)C(=O)OC. The molecule has 0 spiro atoms. The van der Waals surface area contributed by atoms with Gasteiger partial charge in [-0.2, -0.15) is 0 Å². The van der Waals surface area contributed by atoms with Crippen molar-refractivity contribution >= 4 is 5.97 Å². The Morgan fingerprint density at radius 2 is 2.00 bits per heavy atom. The Balaban J connectivity index is 2.71. The van der Waals surface area contributed by atoms with Crippen LogP contribution in [0.5, 0.6) is 11.5 Å². The maximum absolute atomic E-state index is 11.4. The van der Waals surface area contributed by atoms with Crippen molar-refractivity contribution in [3.63, 3.8) is 0 Å². The number of carbonyl (C=O) groups excluding carboxylic acids is 1. The fourth-order valence-electron chi connectivity index (χ4n) is 1.63. The second kappa shape index (κ2) is 7.46. The lowest BCUT2D eigenvalue weighted by atomic mass is 10.2. The summed E-state index contributed by atoms with van der Waals surface area (Å²) in [5.41, 5.74) is 1.71. The molecule has 1 aromatic carbocycles. The van der Waals surface area contributed by atoms with Crippen LogP contribution in [0.1, 0.15) is 18.9 Å². The Morgan fingerprint density at radius 3 is 2.58 bits per heavy atom. The zero-order chi connectivity index (χ0) is 14.3. The van der Waals surface area contributed by atoms with Gasteiger partial charge in [0.1, 0.15) is 6.61 Å². The van der Waals surface area contributed by atoms with E-state index in [0.717, 1.165) is 5.56 Å². The van der Waals surface area contributed by atoms with Crippen molar-refractivity contribution in [1.29, 1.82) is 0 Å². The normalized spacial score (nSPS) is 11.1.